The molecule has 0 aromatic heterocycles. The second-order valence-electron chi connectivity index (χ2n) is 5.53. The van der Waals surface area contributed by atoms with E-state index in [0.717, 1.165) is 19.4 Å². The van der Waals surface area contributed by atoms with E-state index in [2.05, 4.69) is 5.32 Å². The number of likely N-dealkylation sites (tertiary alicyclic amines) is 1. The van der Waals surface area contributed by atoms with Gasteiger partial charge in [0.2, 0.25) is 5.82 Å². The van der Waals surface area contributed by atoms with Gasteiger partial charge in [-0.05, 0) is 31.4 Å². The van der Waals surface area contributed by atoms with Gasteiger partial charge < -0.3 is 15.3 Å². The first kappa shape index (κ1) is 14.2. The summed E-state index contributed by atoms with van der Waals surface area (Å²) in [7, 11) is 0. The number of hydrogen-bond donors (Lipinski definition) is 2. The third-order valence-electron chi connectivity index (χ3n) is 4.31. The number of halogens is 3. The average Bonchev–Trinajstić information content (AvgIpc) is 2.95. The van der Waals surface area contributed by atoms with Crippen molar-refractivity contribution in [3.63, 3.8) is 0 Å². The number of hydrogen-bond acceptors (Lipinski definition) is 3. The van der Waals surface area contributed by atoms with Crippen molar-refractivity contribution in [3.05, 3.63) is 29.1 Å². The Bertz CT molecular complexity index is 594. The van der Waals surface area contributed by atoms with Crippen LogP contribution in [0.25, 0.3) is 0 Å². The van der Waals surface area contributed by atoms with Crippen LogP contribution in [-0.2, 0) is 0 Å². The third-order valence-corrected chi connectivity index (χ3v) is 4.31. The van der Waals surface area contributed by atoms with Crippen LogP contribution >= 0.6 is 0 Å². The molecule has 4 nitrogen and oxygen atoms in total. The standard InChI is InChI=1S/C14H15F3N2O2/c15-9-5-8(11(16)13(20)12(9)17)14(21)19-4-2-10-7(6-19)1-3-18-10/h5,7,10,18,20H,1-4,6H2. The molecule has 2 aliphatic rings. The average molecular weight is 300 g/mol. The van der Waals surface area contributed by atoms with Crippen LogP contribution in [0.3, 0.4) is 0 Å². The first-order chi connectivity index (χ1) is 9.99. The lowest BCUT2D eigenvalue weighted by molar-refractivity contribution is 0.0655. The lowest BCUT2D eigenvalue weighted by Gasteiger charge is -2.35. The zero-order valence-corrected chi connectivity index (χ0v) is 11.2. The fourth-order valence-corrected chi connectivity index (χ4v) is 3.15. The summed E-state index contributed by atoms with van der Waals surface area (Å²) in [5.74, 6) is -6.39. The van der Waals surface area contributed by atoms with E-state index in [1.54, 1.807) is 0 Å². The monoisotopic (exact) mass is 300 g/mol. The second kappa shape index (κ2) is 5.22. The molecule has 2 N–H and O–H groups in total. The number of nitrogens with zero attached hydrogens (tertiary/aromatic N) is 1. The molecule has 1 amide bonds. The maximum atomic E-state index is 13.8. The van der Waals surface area contributed by atoms with E-state index < -0.39 is 34.7 Å². The Hall–Kier alpha value is -1.76. The van der Waals surface area contributed by atoms with Crippen molar-refractivity contribution < 1.29 is 23.1 Å². The molecule has 2 aliphatic heterocycles. The van der Waals surface area contributed by atoms with E-state index in [-0.39, 0.29) is 0 Å². The molecule has 0 aliphatic carbocycles. The van der Waals surface area contributed by atoms with Crippen LogP contribution in [0.1, 0.15) is 23.2 Å². The van der Waals surface area contributed by atoms with E-state index in [0.29, 0.717) is 31.1 Å². The number of carbonyl (C=O) groups excluding carboxylic acids is 1. The van der Waals surface area contributed by atoms with Crippen molar-refractivity contribution >= 4 is 5.91 Å². The summed E-state index contributed by atoms with van der Waals surface area (Å²) in [5, 5.41) is 12.5. The lowest BCUT2D eigenvalue weighted by Crippen LogP contribution is -2.47. The van der Waals surface area contributed by atoms with Gasteiger partial charge in [0.25, 0.3) is 5.91 Å². The summed E-state index contributed by atoms with van der Waals surface area (Å²) < 4.78 is 40.1. The highest BCUT2D eigenvalue weighted by atomic mass is 19.2. The zero-order chi connectivity index (χ0) is 15.1. The Morgan fingerprint density at radius 1 is 1.29 bits per heavy atom. The Labute approximate surface area is 119 Å². The minimum Gasteiger partial charge on any atom is -0.503 e. The van der Waals surface area contributed by atoms with Crippen LogP contribution in [-0.4, -0.2) is 41.6 Å². The van der Waals surface area contributed by atoms with E-state index in [4.69, 9.17) is 0 Å². The molecule has 7 heteroatoms. The Morgan fingerprint density at radius 2 is 2.05 bits per heavy atom. The number of fused-ring (bicyclic) bond motifs is 1. The topological polar surface area (TPSA) is 52.6 Å². The summed E-state index contributed by atoms with van der Waals surface area (Å²) >= 11 is 0. The molecule has 0 spiro atoms. The minimum atomic E-state index is -1.68. The second-order valence-corrected chi connectivity index (χ2v) is 5.53. The summed E-state index contributed by atoms with van der Waals surface area (Å²) in [5.41, 5.74) is -0.629. The molecule has 21 heavy (non-hydrogen) atoms. The summed E-state index contributed by atoms with van der Waals surface area (Å²) in [6.07, 6.45) is 1.67. The van der Waals surface area contributed by atoms with Gasteiger partial charge >= 0.3 is 0 Å². The Morgan fingerprint density at radius 3 is 2.81 bits per heavy atom. The number of nitrogens with one attached hydrogen (secondary N) is 1. The lowest BCUT2D eigenvalue weighted by atomic mass is 9.93. The highest BCUT2D eigenvalue weighted by Crippen LogP contribution is 2.29. The van der Waals surface area contributed by atoms with Gasteiger partial charge in [-0.25, -0.2) is 8.78 Å². The first-order valence-corrected chi connectivity index (χ1v) is 6.88. The molecule has 1 aromatic rings. The van der Waals surface area contributed by atoms with Crippen LogP contribution in [0.2, 0.25) is 0 Å². The highest BCUT2D eigenvalue weighted by molar-refractivity contribution is 5.95. The van der Waals surface area contributed by atoms with Crippen molar-refractivity contribution in [3.8, 4) is 5.75 Å². The largest absolute Gasteiger partial charge is 0.503 e. The third kappa shape index (κ3) is 2.35. The number of phenolic OH excluding ortho intramolecular Hbond substituents is 1. The predicted molar refractivity (Wildman–Crippen MR) is 68.4 cm³/mol. The molecule has 2 heterocycles. The number of aromatic hydroxyl groups is 1. The van der Waals surface area contributed by atoms with Gasteiger partial charge in [0.05, 0.1) is 5.56 Å². The minimum absolute atomic E-state index is 0.296. The molecule has 0 radical (unpaired) electrons. The van der Waals surface area contributed by atoms with Gasteiger partial charge in [0, 0.05) is 19.1 Å². The molecular formula is C14H15F3N2O2. The van der Waals surface area contributed by atoms with Gasteiger partial charge in [-0.1, -0.05) is 0 Å². The zero-order valence-electron chi connectivity index (χ0n) is 11.2. The van der Waals surface area contributed by atoms with Crippen molar-refractivity contribution in [2.24, 2.45) is 5.92 Å². The quantitative estimate of drug-likeness (QED) is 0.775. The van der Waals surface area contributed by atoms with Crippen molar-refractivity contribution in [1.29, 1.82) is 0 Å². The molecule has 0 saturated carbocycles. The van der Waals surface area contributed by atoms with Gasteiger partial charge in [-0.2, -0.15) is 4.39 Å². The smallest absolute Gasteiger partial charge is 0.257 e. The molecule has 114 valence electrons. The van der Waals surface area contributed by atoms with Crippen LogP contribution < -0.4 is 5.32 Å². The number of amides is 1. The highest BCUT2D eigenvalue weighted by Gasteiger charge is 2.35. The molecule has 2 atom stereocenters. The fourth-order valence-electron chi connectivity index (χ4n) is 3.15. The summed E-state index contributed by atoms with van der Waals surface area (Å²) in [4.78, 5) is 13.7. The molecule has 2 fully saturated rings. The van der Waals surface area contributed by atoms with E-state index in [9.17, 15) is 23.1 Å². The maximum Gasteiger partial charge on any atom is 0.257 e. The number of piperidine rings is 1. The molecular weight excluding hydrogens is 285 g/mol. The summed E-state index contributed by atoms with van der Waals surface area (Å²) in [6, 6.07) is 0.864. The molecule has 2 saturated heterocycles. The van der Waals surface area contributed by atoms with E-state index >= 15 is 0 Å². The van der Waals surface area contributed by atoms with E-state index in [1.807, 2.05) is 0 Å². The molecule has 1 aromatic carbocycles. The predicted octanol–water partition coefficient (Wildman–Crippen LogP) is 1.63. The molecule has 2 unspecified atom stereocenters. The number of phenols is 1. The first-order valence-electron chi connectivity index (χ1n) is 6.88. The molecule has 3 rings (SSSR count). The summed E-state index contributed by atoms with van der Waals surface area (Å²) in [6.45, 7) is 1.76. The van der Waals surface area contributed by atoms with Crippen LogP contribution in [0.4, 0.5) is 13.2 Å². The van der Waals surface area contributed by atoms with Crippen LogP contribution in [0.5, 0.6) is 5.75 Å². The van der Waals surface area contributed by atoms with Crippen molar-refractivity contribution in [2.75, 3.05) is 19.6 Å². The van der Waals surface area contributed by atoms with Crippen molar-refractivity contribution in [1.82, 2.24) is 10.2 Å². The van der Waals surface area contributed by atoms with Gasteiger partial charge in [-0.3, -0.25) is 4.79 Å². The van der Waals surface area contributed by atoms with Crippen molar-refractivity contribution in [2.45, 2.75) is 18.9 Å². The SMILES string of the molecule is O=C(c1cc(F)c(F)c(O)c1F)N1CCC2NCCC2C1. The molecule has 0 bridgehead atoms. The van der Waals surface area contributed by atoms with Gasteiger partial charge in [0.15, 0.2) is 17.4 Å². The van der Waals surface area contributed by atoms with Crippen LogP contribution in [0.15, 0.2) is 6.07 Å². The Kier molecular flexibility index (Phi) is 3.52. The van der Waals surface area contributed by atoms with E-state index in [1.165, 1.54) is 4.90 Å². The van der Waals surface area contributed by atoms with Gasteiger partial charge in [-0.15, -0.1) is 0 Å². The normalized spacial score (nSPS) is 25.0. The number of carbonyl (C=O) groups is 1. The fraction of sp³-hybridized carbons (Fsp3) is 0.500. The maximum absolute atomic E-state index is 13.8. The number of rotatable bonds is 1. The number of benzene rings is 1. The van der Waals surface area contributed by atoms with Gasteiger partial charge in [0.1, 0.15) is 0 Å². The van der Waals surface area contributed by atoms with Crippen LogP contribution in [0, 0.1) is 23.4 Å². The Balaban J connectivity index is 1.85.